The van der Waals surface area contributed by atoms with Gasteiger partial charge in [0.25, 0.3) is 0 Å². The average molecular weight is 350 g/mol. The van der Waals surface area contributed by atoms with Gasteiger partial charge in [0.1, 0.15) is 0 Å². The van der Waals surface area contributed by atoms with Crippen molar-refractivity contribution in [3.8, 4) is 0 Å². The van der Waals surface area contributed by atoms with Gasteiger partial charge in [0.15, 0.2) is 17.7 Å². The van der Waals surface area contributed by atoms with E-state index in [1.54, 1.807) is 0 Å². The number of morpholine rings is 1. The molecule has 24 heavy (non-hydrogen) atoms. The van der Waals surface area contributed by atoms with E-state index in [1.165, 1.54) is 6.07 Å². The summed E-state index contributed by atoms with van der Waals surface area (Å²) in [5.41, 5.74) is 0.600. The summed E-state index contributed by atoms with van der Waals surface area (Å²) < 4.78 is 69.6. The zero-order valence-corrected chi connectivity index (χ0v) is 13.0. The van der Waals surface area contributed by atoms with Gasteiger partial charge in [-0.2, -0.15) is 13.2 Å². The van der Waals surface area contributed by atoms with Crippen LogP contribution in [0.1, 0.15) is 12.8 Å². The lowest BCUT2D eigenvalue weighted by atomic mass is 10.0. The van der Waals surface area contributed by atoms with Gasteiger partial charge in [0.2, 0.25) is 0 Å². The maximum absolute atomic E-state index is 13.3. The van der Waals surface area contributed by atoms with Gasteiger partial charge in [-0.15, -0.1) is 0 Å². The van der Waals surface area contributed by atoms with Crippen LogP contribution in [-0.2, 0) is 4.74 Å². The van der Waals surface area contributed by atoms with Crippen LogP contribution in [0.25, 0.3) is 0 Å². The number of anilines is 1. The first-order chi connectivity index (χ1) is 11.3. The highest BCUT2D eigenvalue weighted by Gasteiger charge is 2.44. The van der Waals surface area contributed by atoms with Gasteiger partial charge in [0, 0.05) is 44.0 Å². The van der Waals surface area contributed by atoms with Crippen LogP contribution in [-0.4, -0.2) is 56.0 Å². The maximum atomic E-state index is 13.3. The molecule has 0 bridgehead atoms. The van der Waals surface area contributed by atoms with Crippen LogP contribution >= 0.6 is 0 Å². The van der Waals surface area contributed by atoms with Gasteiger partial charge in [-0.1, -0.05) is 0 Å². The average Bonchev–Trinajstić information content (AvgIpc) is 2.57. The summed E-state index contributed by atoms with van der Waals surface area (Å²) >= 11 is 0. The molecule has 0 radical (unpaired) electrons. The van der Waals surface area contributed by atoms with Crippen LogP contribution in [0.15, 0.2) is 18.2 Å². The van der Waals surface area contributed by atoms with E-state index >= 15 is 0 Å². The van der Waals surface area contributed by atoms with Crippen molar-refractivity contribution in [3.05, 3.63) is 29.8 Å². The van der Waals surface area contributed by atoms with Crippen molar-refractivity contribution < 1.29 is 26.7 Å². The van der Waals surface area contributed by atoms with E-state index in [4.69, 9.17) is 4.74 Å². The molecule has 2 aliphatic heterocycles. The molecule has 8 heteroatoms. The molecule has 0 aromatic heterocycles. The van der Waals surface area contributed by atoms with Crippen molar-refractivity contribution in [2.75, 3.05) is 37.7 Å². The van der Waals surface area contributed by atoms with Gasteiger partial charge < -0.3 is 9.64 Å². The summed E-state index contributed by atoms with van der Waals surface area (Å²) in [4.78, 5) is 3.77. The topological polar surface area (TPSA) is 15.7 Å². The SMILES string of the molecule is Fc1ccc(N2CCC(N3CCO[C@H](C(F)(F)F)C3)CC2)cc1F. The molecule has 0 aliphatic carbocycles. The third-order valence-electron chi connectivity index (χ3n) is 4.71. The Bertz CT molecular complexity index is 572. The van der Waals surface area contributed by atoms with Crippen LogP contribution in [0, 0.1) is 11.6 Å². The number of ether oxygens (including phenoxy) is 1. The minimum absolute atomic E-state index is 0.0558. The van der Waals surface area contributed by atoms with E-state index < -0.39 is 23.9 Å². The zero-order chi connectivity index (χ0) is 17.3. The first-order valence-corrected chi connectivity index (χ1v) is 7.97. The summed E-state index contributed by atoms with van der Waals surface area (Å²) in [5.74, 6) is -1.78. The largest absolute Gasteiger partial charge is 0.415 e. The lowest BCUT2D eigenvalue weighted by Gasteiger charge is -2.43. The van der Waals surface area contributed by atoms with Gasteiger partial charge >= 0.3 is 6.18 Å². The molecule has 2 aliphatic rings. The lowest BCUT2D eigenvalue weighted by molar-refractivity contribution is -0.239. The van der Waals surface area contributed by atoms with Crippen molar-refractivity contribution in [2.24, 2.45) is 0 Å². The molecular weight excluding hydrogens is 331 g/mol. The number of hydrogen-bond acceptors (Lipinski definition) is 3. The molecule has 3 rings (SSSR count). The van der Waals surface area contributed by atoms with Gasteiger partial charge in [0.05, 0.1) is 6.61 Å². The summed E-state index contributed by atoms with van der Waals surface area (Å²) in [5, 5.41) is 0. The van der Waals surface area contributed by atoms with Crippen LogP contribution in [0.4, 0.5) is 27.6 Å². The van der Waals surface area contributed by atoms with Crippen molar-refractivity contribution in [3.63, 3.8) is 0 Å². The number of piperidine rings is 1. The van der Waals surface area contributed by atoms with Gasteiger partial charge in [-0.3, -0.25) is 4.90 Å². The predicted molar refractivity (Wildman–Crippen MR) is 79.0 cm³/mol. The van der Waals surface area contributed by atoms with Crippen molar-refractivity contribution in [1.82, 2.24) is 4.90 Å². The summed E-state index contributed by atoms with van der Waals surface area (Å²) in [6, 6.07) is 3.82. The molecule has 0 spiro atoms. The first-order valence-electron chi connectivity index (χ1n) is 7.97. The second-order valence-electron chi connectivity index (χ2n) is 6.21. The Kier molecular flexibility index (Phi) is 4.96. The summed E-state index contributed by atoms with van der Waals surface area (Å²) in [6.07, 6.45) is -4.70. The molecule has 0 saturated carbocycles. The normalized spacial score (nSPS) is 24.4. The Morgan fingerprint density at radius 2 is 1.71 bits per heavy atom. The molecule has 0 amide bonds. The number of nitrogens with zero attached hydrogens (tertiary/aromatic N) is 2. The number of benzene rings is 1. The Balaban J connectivity index is 1.57. The Hall–Kier alpha value is -1.41. The van der Waals surface area contributed by atoms with E-state index in [0.29, 0.717) is 38.2 Å². The molecule has 0 unspecified atom stereocenters. The number of rotatable bonds is 2. The van der Waals surface area contributed by atoms with Crippen molar-refractivity contribution in [2.45, 2.75) is 31.2 Å². The van der Waals surface area contributed by atoms with Crippen molar-refractivity contribution >= 4 is 5.69 Å². The molecular formula is C16H19F5N2O. The number of halogens is 5. The van der Waals surface area contributed by atoms with Crippen LogP contribution in [0.2, 0.25) is 0 Å². The molecule has 0 N–H and O–H groups in total. The maximum Gasteiger partial charge on any atom is 0.415 e. The monoisotopic (exact) mass is 350 g/mol. The highest BCUT2D eigenvalue weighted by molar-refractivity contribution is 5.47. The van der Waals surface area contributed by atoms with E-state index in [9.17, 15) is 22.0 Å². The first kappa shape index (κ1) is 17.4. The van der Waals surface area contributed by atoms with Crippen LogP contribution in [0.5, 0.6) is 0 Å². The van der Waals surface area contributed by atoms with E-state index in [-0.39, 0.29) is 19.2 Å². The molecule has 1 aromatic carbocycles. The van der Waals surface area contributed by atoms with E-state index in [2.05, 4.69) is 0 Å². The molecule has 1 atom stereocenters. The van der Waals surface area contributed by atoms with Crippen LogP contribution < -0.4 is 4.90 Å². The molecule has 1 aromatic rings. The van der Waals surface area contributed by atoms with Gasteiger partial charge in [-0.05, 0) is 25.0 Å². The third kappa shape index (κ3) is 3.80. The predicted octanol–water partition coefficient (Wildman–Crippen LogP) is 3.20. The summed E-state index contributed by atoms with van der Waals surface area (Å²) in [6.45, 7) is 1.63. The fourth-order valence-electron chi connectivity index (χ4n) is 3.37. The zero-order valence-electron chi connectivity index (χ0n) is 13.0. The standard InChI is InChI=1S/C16H19F5N2O/c17-13-2-1-12(9-14(13)18)22-5-3-11(4-6-22)23-7-8-24-15(10-23)16(19,20)21/h1-2,9,11,15H,3-8,10H2/t15-/m0/s1. The van der Waals surface area contributed by atoms with Crippen molar-refractivity contribution in [1.29, 1.82) is 0 Å². The number of hydrogen-bond donors (Lipinski definition) is 0. The quantitative estimate of drug-likeness (QED) is 0.762. The Labute approximate surface area is 137 Å². The lowest BCUT2D eigenvalue weighted by Crippen LogP contribution is -2.54. The fraction of sp³-hybridized carbons (Fsp3) is 0.625. The van der Waals surface area contributed by atoms with Gasteiger partial charge in [-0.25, -0.2) is 8.78 Å². The Morgan fingerprint density at radius 3 is 2.33 bits per heavy atom. The smallest absolute Gasteiger partial charge is 0.371 e. The highest BCUT2D eigenvalue weighted by Crippen LogP contribution is 2.29. The molecule has 2 fully saturated rings. The molecule has 134 valence electrons. The third-order valence-corrected chi connectivity index (χ3v) is 4.71. The molecule has 2 saturated heterocycles. The second kappa shape index (κ2) is 6.84. The fourth-order valence-corrected chi connectivity index (χ4v) is 3.37. The van der Waals surface area contributed by atoms with E-state index in [1.807, 2.05) is 9.80 Å². The van der Waals surface area contributed by atoms with E-state index in [0.717, 1.165) is 12.1 Å². The summed E-state index contributed by atoms with van der Waals surface area (Å²) in [7, 11) is 0. The Morgan fingerprint density at radius 1 is 1.00 bits per heavy atom. The van der Waals surface area contributed by atoms with Crippen LogP contribution in [0.3, 0.4) is 0 Å². The molecule has 3 nitrogen and oxygen atoms in total. The minimum atomic E-state index is -4.34. The minimum Gasteiger partial charge on any atom is -0.371 e. The number of alkyl halides is 3. The highest BCUT2D eigenvalue weighted by atomic mass is 19.4. The molecule has 2 heterocycles. The second-order valence-corrected chi connectivity index (χ2v) is 6.21.